The van der Waals surface area contributed by atoms with E-state index in [1.807, 2.05) is 6.07 Å². The van der Waals surface area contributed by atoms with Crippen molar-refractivity contribution in [3.05, 3.63) is 63.6 Å². The average Bonchev–Trinajstić information content (AvgIpc) is 2.63. The Morgan fingerprint density at radius 3 is 2.39 bits per heavy atom. The van der Waals surface area contributed by atoms with Crippen LogP contribution in [0.15, 0.2) is 41.3 Å². The molecule has 10 heteroatoms. The highest BCUT2D eigenvalue weighted by atomic mass is 35.5. The summed E-state index contributed by atoms with van der Waals surface area (Å²) in [5.74, 6) is -2.73. The molecule has 2 aromatic rings. The summed E-state index contributed by atoms with van der Waals surface area (Å²) >= 11 is 11.8. The lowest BCUT2D eigenvalue weighted by Crippen LogP contribution is -2.31. The molecule has 0 saturated carbocycles. The fraction of sp³-hybridized carbons (Fsp3) is 0.278. The first-order chi connectivity index (χ1) is 13.2. The maximum atomic E-state index is 13.2. The summed E-state index contributed by atoms with van der Waals surface area (Å²) in [7, 11) is -4.02. The highest BCUT2D eigenvalue weighted by Gasteiger charge is 2.16. The quantitative estimate of drug-likeness (QED) is 0.572. The second kappa shape index (κ2) is 10.2. The molecule has 1 amide bonds. The van der Waals surface area contributed by atoms with Crippen molar-refractivity contribution < 1.29 is 22.0 Å². The molecule has 0 bridgehead atoms. The zero-order chi connectivity index (χ0) is 20.7. The van der Waals surface area contributed by atoms with Gasteiger partial charge in [0, 0.05) is 19.5 Å². The number of amides is 1. The Hall–Kier alpha value is -1.74. The van der Waals surface area contributed by atoms with E-state index in [1.54, 1.807) is 12.1 Å². The van der Waals surface area contributed by atoms with Gasteiger partial charge >= 0.3 is 0 Å². The van der Waals surface area contributed by atoms with E-state index < -0.39 is 26.6 Å². The van der Waals surface area contributed by atoms with Crippen molar-refractivity contribution in [1.29, 1.82) is 0 Å². The van der Waals surface area contributed by atoms with E-state index in [9.17, 15) is 22.0 Å². The molecule has 28 heavy (non-hydrogen) atoms. The molecule has 0 unspecified atom stereocenters. The molecule has 0 heterocycles. The van der Waals surface area contributed by atoms with E-state index in [4.69, 9.17) is 23.2 Å². The van der Waals surface area contributed by atoms with E-state index in [2.05, 4.69) is 10.0 Å². The molecule has 5 nitrogen and oxygen atoms in total. The van der Waals surface area contributed by atoms with E-state index in [1.165, 1.54) is 0 Å². The van der Waals surface area contributed by atoms with Crippen LogP contribution >= 0.6 is 23.2 Å². The third-order valence-electron chi connectivity index (χ3n) is 3.79. The van der Waals surface area contributed by atoms with Gasteiger partial charge in [0.2, 0.25) is 15.9 Å². The van der Waals surface area contributed by atoms with Gasteiger partial charge < -0.3 is 5.32 Å². The van der Waals surface area contributed by atoms with Gasteiger partial charge in [0.05, 0.1) is 14.9 Å². The maximum absolute atomic E-state index is 13.2. The van der Waals surface area contributed by atoms with Gasteiger partial charge in [0.1, 0.15) is 0 Å². The summed E-state index contributed by atoms with van der Waals surface area (Å²) in [4.78, 5) is 11.4. The molecule has 152 valence electrons. The Morgan fingerprint density at radius 1 is 0.964 bits per heavy atom. The minimum Gasteiger partial charge on any atom is -0.356 e. The molecule has 2 aromatic carbocycles. The predicted octanol–water partition coefficient (Wildman–Crippen LogP) is 3.69. The van der Waals surface area contributed by atoms with Crippen LogP contribution in [0.3, 0.4) is 0 Å². The van der Waals surface area contributed by atoms with E-state index in [0.717, 1.165) is 17.7 Å². The number of halogens is 4. The summed E-state index contributed by atoms with van der Waals surface area (Å²) in [5, 5.41) is 3.62. The van der Waals surface area contributed by atoms with Crippen LogP contribution in [0, 0.1) is 11.6 Å². The van der Waals surface area contributed by atoms with E-state index in [-0.39, 0.29) is 18.9 Å². The number of benzene rings is 2. The van der Waals surface area contributed by atoms with Crippen LogP contribution in [0.4, 0.5) is 8.78 Å². The van der Waals surface area contributed by atoms with Crippen molar-refractivity contribution in [3.63, 3.8) is 0 Å². The average molecular weight is 451 g/mol. The minimum atomic E-state index is -4.02. The van der Waals surface area contributed by atoms with Gasteiger partial charge in [-0.1, -0.05) is 29.3 Å². The van der Waals surface area contributed by atoms with Gasteiger partial charge in [-0.2, -0.15) is 0 Å². The fourth-order valence-corrected chi connectivity index (χ4v) is 3.69. The minimum absolute atomic E-state index is 0.0876. The molecule has 0 aliphatic heterocycles. The highest BCUT2D eigenvalue weighted by Crippen LogP contribution is 2.23. The normalized spacial score (nSPS) is 11.4. The van der Waals surface area contributed by atoms with Crippen LogP contribution in [0.1, 0.15) is 18.4 Å². The summed E-state index contributed by atoms with van der Waals surface area (Å²) in [6.45, 7) is 0.245. The number of carbonyl (C=O) groups is 1. The number of rotatable bonds is 9. The number of nitrogens with one attached hydrogen (secondary N) is 2. The third-order valence-corrected chi connectivity index (χ3v) is 5.99. The van der Waals surface area contributed by atoms with E-state index >= 15 is 0 Å². The standard InChI is InChI=1S/C18H18Cl2F2N2O3S/c19-14-5-3-12(10-15(14)20)2-1-8-23-18(25)7-9-24-28(26,27)13-4-6-16(21)17(22)11-13/h3-6,10-11,24H,1-2,7-9H2,(H,23,25). The first-order valence-corrected chi connectivity index (χ1v) is 10.6. The first kappa shape index (κ1) is 22.5. The van der Waals surface area contributed by atoms with Gasteiger partial charge in [-0.3, -0.25) is 4.79 Å². The van der Waals surface area contributed by atoms with Crippen molar-refractivity contribution in [3.8, 4) is 0 Å². The number of carbonyl (C=O) groups excluding carboxylic acids is 1. The molecule has 0 saturated heterocycles. The molecule has 0 aliphatic carbocycles. The van der Waals surface area contributed by atoms with Gasteiger partial charge in [0.15, 0.2) is 11.6 Å². The first-order valence-electron chi connectivity index (χ1n) is 8.34. The molecule has 0 fully saturated rings. The van der Waals surface area contributed by atoms with Gasteiger partial charge in [-0.15, -0.1) is 0 Å². The van der Waals surface area contributed by atoms with Crippen LogP contribution in [-0.4, -0.2) is 27.4 Å². The van der Waals surface area contributed by atoms with Gasteiger partial charge in [0.25, 0.3) is 0 Å². The topological polar surface area (TPSA) is 75.3 Å². The van der Waals surface area contributed by atoms with Crippen molar-refractivity contribution in [2.24, 2.45) is 0 Å². The Kier molecular flexibility index (Phi) is 8.18. The molecular weight excluding hydrogens is 433 g/mol. The summed E-state index contributed by atoms with van der Waals surface area (Å²) in [6.07, 6.45) is 1.28. The van der Waals surface area contributed by atoms with Crippen molar-refractivity contribution in [2.45, 2.75) is 24.2 Å². The predicted molar refractivity (Wildman–Crippen MR) is 104 cm³/mol. The van der Waals surface area contributed by atoms with Gasteiger partial charge in [-0.25, -0.2) is 21.9 Å². The Bertz CT molecular complexity index is 956. The molecule has 2 N–H and O–H groups in total. The second-order valence-corrected chi connectivity index (χ2v) is 8.51. The monoisotopic (exact) mass is 450 g/mol. The molecular formula is C18H18Cl2F2N2O3S. The summed E-state index contributed by atoms with van der Waals surface area (Å²) in [6, 6.07) is 7.58. The number of sulfonamides is 1. The van der Waals surface area contributed by atoms with Gasteiger partial charge in [-0.05, 0) is 48.7 Å². The molecule has 0 radical (unpaired) electrons. The van der Waals surface area contributed by atoms with Crippen molar-refractivity contribution in [1.82, 2.24) is 10.0 Å². The Balaban J connectivity index is 1.70. The lowest BCUT2D eigenvalue weighted by Gasteiger charge is -2.08. The fourth-order valence-electron chi connectivity index (χ4n) is 2.33. The van der Waals surface area contributed by atoms with Crippen LogP contribution in [0.5, 0.6) is 0 Å². The Labute approximate surface area is 172 Å². The maximum Gasteiger partial charge on any atom is 0.240 e. The van der Waals surface area contributed by atoms with Crippen LogP contribution in [0.25, 0.3) is 0 Å². The summed E-state index contributed by atoms with van der Waals surface area (Å²) < 4.78 is 52.2. The number of hydrogen-bond donors (Lipinski definition) is 2. The largest absolute Gasteiger partial charge is 0.356 e. The second-order valence-electron chi connectivity index (χ2n) is 5.93. The third kappa shape index (κ3) is 6.70. The lowest BCUT2D eigenvalue weighted by molar-refractivity contribution is -0.120. The molecule has 2 rings (SSSR count). The van der Waals surface area contributed by atoms with Crippen molar-refractivity contribution in [2.75, 3.05) is 13.1 Å². The number of hydrogen-bond acceptors (Lipinski definition) is 3. The smallest absolute Gasteiger partial charge is 0.240 e. The SMILES string of the molecule is O=C(CCNS(=O)(=O)c1ccc(F)c(F)c1)NCCCc1ccc(Cl)c(Cl)c1. The Morgan fingerprint density at radius 2 is 1.71 bits per heavy atom. The molecule has 0 spiro atoms. The van der Waals surface area contributed by atoms with Crippen LogP contribution in [-0.2, 0) is 21.2 Å². The zero-order valence-corrected chi connectivity index (χ0v) is 17.0. The molecule has 0 aromatic heterocycles. The lowest BCUT2D eigenvalue weighted by atomic mass is 10.1. The highest BCUT2D eigenvalue weighted by molar-refractivity contribution is 7.89. The number of aryl methyl sites for hydroxylation is 1. The van der Waals surface area contributed by atoms with E-state index in [0.29, 0.717) is 35.5 Å². The molecule has 0 aliphatic rings. The zero-order valence-electron chi connectivity index (χ0n) is 14.6. The van der Waals surface area contributed by atoms with Crippen LogP contribution < -0.4 is 10.0 Å². The molecule has 0 atom stereocenters. The van der Waals surface area contributed by atoms with Crippen molar-refractivity contribution >= 4 is 39.1 Å². The summed E-state index contributed by atoms with van der Waals surface area (Å²) in [5.41, 5.74) is 0.989. The van der Waals surface area contributed by atoms with Crippen LogP contribution in [0.2, 0.25) is 10.0 Å².